The molecule has 0 radical (unpaired) electrons. The van der Waals surface area contributed by atoms with Crippen LogP contribution < -0.4 is 4.74 Å². The molecule has 14 heavy (non-hydrogen) atoms. The van der Waals surface area contributed by atoms with Crippen LogP contribution in [-0.2, 0) is 11.2 Å². The summed E-state index contributed by atoms with van der Waals surface area (Å²) in [6.45, 7) is 0. The Balaban J connectivity index is 2.31. The van der Waals surface area contributed by atoms with E-state index in [1.807, 2.05) is 6.07 Å². The first-order chi connectivity index (χ1) is 6.63. The fraction of sp³-hybridized carbons (Fsp3) is 0.400. The summed E-state index contributed by atoms with van der Waals surface area (Å²) < 4.78 is 12.5. The molecule has 1 atom stereocenters. The van der Waals surface area contributed by atoms with E-state index in [9.17, 15) is 0 Å². The number of aryl methyl sites for hydroxylation is 1. The average molecular weight is 320 g/mol. The minimum Gasteiger partial charge on any atom is -0.467 e. The molecule has 0 saturated carbocycles. The lowest BCUT2D eigenvalue weighted by Crippen LogP contribution is -2.41. The van der Waals surface area contributed by atoms with E-state index in [1.54, 1.807) is 7.11 Å². The molecule has 0 spiro atoms. The number of benzene rings is 1. The molecule has 0 fully saturated rings. The van der Waals surface area contributed by atoms with Gasteiger partial charge in [0.25, 0.3) is 0 Å². The molecular formula is C10H13IO2Si. The van der Waals surface area contributed by atoms with Crippen LogP contribution in [-0.4, -0.2) is 22.8 Å². The van der Waals surface area contributed by atoms with E-state index < -0.39 is 0 Å². The standard InChI is InChI=1S/C10H13IO2Si/c1-12-10(14)5-4-7-6-8(11)2-3-9(7)13-10/h2-3,6H,4-5H2,1,14H3/t10-/m1/s1. The molecule has 0 bridgehead atoms. The first-order valence-electron chi connectivity index (χ1n) is 4.65. The predicted octanol–water partition coefficient (Wildman–Crippen LogP) is 1.28. The third kappa shape index (κ3) is 1.96. The minimum atomic E-state index is -0.306. The van der Waals surface area contributed by atoms with Crippen molar-refractivity contribution in [3.8, 4) is 5.75 Å². The van der Waals surface area contributed by atoms with Crippen molar-refractivity contribution in [3.63, 3.8) is 0 Å². The Morgan fingerprint density at radius 1 is 1.57 bits per heavy atom. The van der Waals surface area contributed by atoms with Gasteiger partial charge in [-0.25, -0.2) is 0 Å². The van der Waals surface area contributed by atoms with Crippen LogP contribution in [0.4, 0.5) is 0 Å². The van der Waals surface area contributed by atoms with Crippen LogP contribution in [0.1, 0.15) is 12.0 Å². The van der Waals surface area contributed by atoms with E-state index in [4.69, 9.17) is 9.47 Å². The number of methoxy groups -OCH3 is 1. The highest BCUT2D eigenvalue weighted by atomic mass is 127. The van der Waals surface area contributed by atoms with Crippen LogP contribution in [0.2, 0.25) is 0 Å². The average Bonchev–Trinajstić information content (AvgIpc) is 2.19. The predicted molar refractivity (Wildman–Crippen MR) is 67.8 cm³/mol. The summed E-state index contributed by atoms with van der Waals surface area (Å²) in [7, 11) is 2.63. The Morgan fingerprint density at radius 3 is 3.07 bits per heavy atom. The van der Waals surface area contributed by atoms with E-state index in [0.29, 0.717) is 0 Å². The zero-order valence-corrected chi connectivity index (χ0v) is 12.5. The molecule has 0 amide bonds. The Bertz CT molecular complexity index is 356. The van der Waals surface area contributed by atoms with Gasteiger partial charge in [-0.15, -0.1) is 0 Å². The molecule has 0 unspecified atom stereocenters. The lowest BCUT2D eigenvalue weighted by Gasteiger charge is -2.34. The molecule has 0 aliphatic carbocycles. The summed E-state index contributed by atoms with van der Waals surface area (Å²) >= 11 is 2.33. The maximum atomic E-state index is 5.86. The number of hydrogen-bond acceptors (Lipinski definition) is 2. The molecule has 0 aromatic heterocycles. The second-order valence-corrected chi connectivity index (χ2v) is 6.46. The first kappa shape index (κ1) is 10.4. The van der Waals surface area contributed by atoms with Crippen molar-refractivity contribution in [1.82, 2.24) is 0 Å². The summed E-state index contributed by atoms with van der Waals surface area (Å²) in [6.07, 6.45) is 2.03. The Labute approximate surface area is 101 Å². The third-order valence-electron chi connectivity index (χ3n) is 2.63. The minimum absolute atomic E-state index is 0.306. The number of hydrogen-bond donors (Lipinski definition) is 0. The molecule has 1 aromatic rings. The monoisotopic (exact) mass is 320 g/mol. The zero-order chi connectivity index (χ0) is 10.2. The molecule has 0 N–H and O–H groups in total. The molecule has 0 saturated heterocycles. The van der Waals surface area contributed by atoms with Crippen molar-refractivity contribution in [3.05, 3.63) is 27.3 Å². The molecule has 1 aliphatic heterocycles. The van der Waals surface area contributed by atoms with Gasteiger partial charge in [-0.3, -0.25) is 0 Å². The largest absolute Gasteiger partial charge is 0.467 e. The van der Waals surface area contributed by atoms with Crippen LogP contribution in [0.25, 0.3) is 0 Å². The maximum absolute atomic E-state index is 5.86. The highest BCUT2D eigenvalue weighted by Gasteiger charge is 2.30. The van der Waals surface area contributed by atoms with Crippen molar-refractivity contribution < 1.29 is 9.47 Å². The van der Waals surface area contributed by atoms with Crippen molar-refractivity contribution in [1.29, 1.82) is 0 Å². The van der Waals surface area contributed by atoms with Crippen molar-refractivity contribution in [2.24, 2.45) is 0 Å². The van der Waals surface area contributed by atoms with Gasteiger partial charge in [0.05, 0.1) is 10.2 Å². The Kier molecular flexibility index (Phi) is 2.85. The van der Waals surface area contributed by atoms with E-state index in [1.165, 1.54) is 9.13 Å². The van der Waals surface area contributed by atoms with E-state index >= 15 is 0 Å². The van der Waals surface area contributed by atoms with Gasteiger partial charge in [-0.2, -0.15) is 0 Å². The highest BCUT2D eigenvalue weighted by Crippen LogP contribution is 2.32. The Morgan fingerprint density at radius 2 is 2.36 bits per heavy atom. The SMILES string of the molecule is CO[C@]1([SiH3])CCc2cc(I)ccc2O1. The summed E-state index contributed by atoms with van der Waals surface area (Å²) in [4.78, 5) is 0. The van der Waals surface area contributed by atoms with Crippen LogP contribution >= 0.6 is 22.6 Å². The first-order valence-corrected chi connectivity index (χ1v) is 6.73. The fourth-order valence-corrected chi connectivity index (χ4v) is 2.66. The van der Waals surface area contributed by atoms with Crippen LogP contribution in [0.5, 0.6) is 5.75 Å². The number of halogens is 1. The van der Waals surface area contributed by atoms with Crippen molar-refractivity contribution in [2.75, 3.05) is 7.11 Å². The van der Waals surface area contributed by atoms with Gasteiger partial charge < -0.3 is 9.47 Å². The molecule has 1 aromatic carbocycles. The summed E-state index contributed by atoms with van der Waals surface area (Å²) in [5.74, 6) is 0.994. The van der Waals surface area contributed by atoms with Gasteiger partial charge in [0.1, 0.15) is 5.75 Å². The summed E-state index contributed by atoms with van der Waals surface area (Å²) in [5.41, 5.74) is 1.00. The lowest BCUT2D eigenvalue weighted by atomic mass is 10.1. The van der Waals surface area contributed by atoms with Crippen molar-refractivity contribution in [2.45, 2.75) is 18.3 Å². The number of ether oxygens (including phenoxy) is 2. The quantitative estimate of drug-likeness (QED) is 0.573. The topological polar surface area (TPSA) is 18.5 Å². The smallest absolute Gasteiger partial charge is 0.180 e. The van der Waals surface area contributed by atoms with Crippen LogP contribution in [0, 0.1) is 3.57 Å². The van der Waals surface area contributed by atoms with Crippen LogP contribution in [0.15, 0.2) is 18.2 Å². The summed E-state index contributed by atoms with van der Waals surface area (Å²) in [6, 6.07) is 6.30. The molecule has 1 aliphatic rings. The molecular weight excluding hydrogens is 307 g/mol. The van der Waals surface area contributed by atoms with Gasteiger partial charge in [-0.05, 0) is 52.8 Å². The second kappa shape index (κ2) is 3.82. The number of fused-ring (bicyclic) bond motifs is 1. The van der Waals surface area contributed by atoms with Crippen molar-refractivity contribution >= 4 is 32.8 Å². The van der Waals surface area contributed by atoms with E-state index in [2.05, 4.69) is 34.7 Å². The zero-order valence-electron chi connectivity index (χ0n) is 8.34. The maximum Gasteiger partial charge on any atom is 0.180 e. The molecule has 4 heteroatoms. The van der Waals surface area contributed by atoms with E-state index in [0.717, 1.165) is 28.8 Å². The number of rotatable bonds is 1. The normalized spacial score (nSPS) is 25.6. The lowest BCUT2D eigenvalue weighted by molar-refractivity contribution is -0.106. The van der Waals surface area contributed by atoms with Crippen LogP contribution in [0.3, 0.4) is 0 Å². The molecule has 2 rings (SSSR count). The van der Waals surface area contributed by atoms with Gasteiger partial charge >= 0.3 is 0 Å². The third-order valence-corrected chi connectivity index (χ3v) is 4.41. The van der Waals surface area contributed by atoms with Gasteiger partial charge in [-0.1, -0.05) is 0 Å². The Hall–Kier alpha value is -0.0731. The molecule has 1 heterocycles. The fourth-order valence-electron chi connectivity index (χ4n) is 1.63. The second-order valence-electron chi connectivity index (χ2n) is 3.69. The van der Waals surface area contributed by atoms with Gasteiger partial charge in [0.15, 0.2) is 5.41 Å². The molecule has 2 nitrogen and oxygen atoms in total. The highest BCUT2D eigenvalue weighted by molar-refractivity contribution is 14.1. The van der Waals surface area contributed by atoms with E-state index in [-0.39, 0.29) is 5.41 Å². The van der Waals surface area contributed by atoms with Gasteiger partial charge in [0, 0.05) is 17.1 Å². The summed E-state index contributed by atoms with van der Waals surface area (Å²) in [5, 5.41) is 0. The van der Waals surface area contributed by atoms with Gasteiger partial charge in [0.2, 0.25) is 0 Å². The molecule has 76 valence electrons.